The maximum Gasteiger partial charge on any atom is 0.407 e. The number of likely N-dealkylation sites (tertiary alicyclic amines) is 1. The predicted octanol–water partition coefficient (Wildman–Crippen LogP) is 3.81. The number of ketones is 1. The van der Waals surface area contributed by atoms with Crippen LogP contribution in [0.1, 0.15) is 106 Å². The predicted molar refractivity (Wildman–Crippen MR) is 188 cm³/mol. The van der Waals surface area contributed by atoms with Gasteiger partial charge in [-0.05, 0) is 55.8 Å². The van der Waals surface area contributed by atoms with Crippen LogP contribution in [0, 0.1) is 23.2 Å². The molecule has 1 heterocycles. The first kappa shape index (κ1) is 41.5. The molecular weight excluding hydrogens is 628 g/mol. The lowest BCUT2D eigenvalue weighted by atomic mass is 9.82. The number of hydrogen-bond acceptors (Lipinski definition) is 7. The van der Waals surface area contributed by atoms with Gasteiger partial charge < -0.3 is 36.2 Å². The van der Waals surface area contributed by atoms with Crippen LogP contribution < -0.4 is 26.6 Å². The molecule has 5 N–H and O–H groups in total. The van der Waals surface area contributed by atoms with Gasteiger partial charge in [-0.3, -0.25) is 19.2 Å². The number of carbonyl (C=O) groups excluding carboxylic acids is 6. The van der Waals surface area contributed by atoms with Crippen LogP contribution in [-0.4, -0.2) is 90.9 Å². The summed E-state index contributed by atoms with van der Waals surface area (Å²) in [5.74, 6) is -2.59. The summed E-state index contributed by atoms with van der Waals surface area (Å²) in [6.45, 7) is 17.9. The minimum atomic E-state index is -1.03. The van der Waals surface area contributed by atoms with Crippen molar-refractivity contribution in [3.63, 3.8) is 0 Å². The van der Waals surface area contributed by atoms with Crippen molar-refractivity contribution in [3.8, 4) is 0 Å². The number of Topliss-reactive ketones (excluding diaryl/α,β-unsaturated/α-hetero) is 1. The molecule has 1 unspecified atom stereocenters. The fourth-order valence-corrected chi connectivity index (χ4v) is 6.67. The molecule has 0 aromatic carbocycles. The van der Waals surface area contributed by atoms with Gasteiger partial charge in [-0.25, -0.2) is 9.59 Å². The Hall–Kier alpha value is -3.64. The Bertz CT molecular complexity index is 1150. The second kappa shape index (κ2) is 20.1. The minimum Gasteiger partial charge on any atom is -0.447 e. The first-order valence-electron chi connectivity index (χ1n) is 18.2. The van der Waals surface area contributed by atoms with Crippen LogP contribution in [-0.2, 0) is 23.9 Å². The van der Waals surface area contributed by atoms with E-state index in [-0.39, 0.29) is 36.8 Å². The first-order chi connectivity index (χ1) is 23.2. The van der Waals surface area contributed by atoms with Crippen molar-refractivity contribution in [2.75, 3.05) is 26.2 Å². The van der Waals surface area contributed by atoms with Gasteiger partial charge in [0, 0.05) is 19.6 Å². The van der Waals surface area contributed by atoms with Crippen molar-refractivity contribution in [3.05, 3.63) is 12.7 Å². The second-order valence-electron chi connectivity index (χ2n) is 14.8. The van der Waals surface area contributed by atoms with E-state index in [1.165, 1.54) is 6.08 Å². The van der Waals surface area contributed by atoms with Crippen LogP contribution in [0.25, 0.3) is 0 Å². The Balaban J connectivity index is 2.35. The molecule has 2 aliphatic rings. The summed E-state index contributed by atoms with van der Waals surface area (Å²) in [5.41, 5.74) is -0.467. The number of nitrogens with one attached hydrogen (secondary N) is 5. The number of urea groups is 1. The lowest BCUT2D eigenvalue weighted by molar-refractivity contribution is -0.144. The Morgan fingerprint density at radius 3 is 2.18 bits per heavy atom. The number of rotatable bonds is 17. The fourth-order valence-electron chi connectivity index (χ4n) is 6.67. The minimum absolute atomic E-state index is 0.0519. The number of hydrogen-bond donors (Lipinski definition) is 5. The van der Waals surface area contributed by atoms with E-state index >= 15 is 0 Å². The van der Waals surface area contributed by atoms with Gasteiger partial charge in [0.05, 0.1) is 12.1 Å². The van der Waals surface area contributed by atoms with E-state index in [1.807, 2.05) is 41.5 Å². The van der Waals surface area contributed by atoms with Crippen LogP contribution in [0.15, 0.2) is 12.7 Å². The Kier molecular flexibility index (Phi) is 17.1. The molecule has 2 fully saturated rings. The van der Waals surface area contributed by atoms with E-state index in [0.29, 0.717) is 32.4 Å². The van der Waals surface area contributed by atoms with Crippen molar-refractivity contribution in [2.24, 2.45) is 23.2 Å². The molecule has 0 aromatic rings. The number of nitrogens with zero attached hydrogens (tertiary/aromatic N) is 1. The number of ether oxygens (including phenoxy) is 1. The number of amides is 6. The molecule has 1 saturated carbocycles. The van der Waals surface area contributed by atoms with Gasteiger partial charge in [0.15, 0.2) is 0 Å². The molecule has 2 rings (SSSR count). The molecule has 6 amide bonds. The van der Waals surface area contributed by atoms with Crippen molar-refractivity contribution in [1.82, 2.24) is 31.5 Å². The highest BCUT2D eigenvalue weighted by molar-refractivity contribution is 6.38. The zero-order chi connectivity index (χ0) is 36.7. The third-order valence-corrected chi connectivity index (χ3v) is 9.69. The van der Waals surface area contributed by atoms with Gasteiger partial charge in [-0.2, -0.15) is 0 Å². The summed E-state index contributed by atoms with van der Waals surface area (Å²) in [4.78, 5) is 81.4. The number of alkyl carbamates (subject to hydrolysis) is 1. The van der Waals surface area contributed by atoms with Crippen LogP contribution in [0.4, 0.5) is 9.59 Å². The lowest BCUT2D eigenvalue weighted by Crippen LogP contribution is -2.61. The summed E-state index contributed by atoms with van der Waals surface area (Å²) in [7, 11) is 0. The van der Waals surface area contributed by atoms with Crippen molar-refractivity contribution in [2.45, 2.75) is 130 Å². The van der Waals surface area contributed by atoms with E-state index < -0.39 is 59.3 Å². The standard InChI is InChI=1S/C36H62N6O7/c1-9-12-18-26(30(43)32(45)38-20-10-2)39-31(44)29-25(23(4)5)19-21-42(29)33(46)28(24-16-14-13-15-17-24)41-34(47)40-27(36(6,7)8)22-49-35(48)37-11-3/h10,23-29H,2,9,11-22H2,1,3-8H3,(H,37,48)(H,38,45)(H,39,44)(H2,40,41,47)/t25-,26?,27-,28+,29+/m1/s1. The van der Waals surface area contributed by atoms with Crippen molar-refractivity contribution < 1.29 is 33.5 Å². The molecule has 0 aromatic heterocycles. The summed E-state index contributed by atoms with van der Waals surface area (Å²) in [6, 6.07) is -3.89. The van der Waals surface area contributed by atoms with Gasteiger partial charge in [-0.15, -0.1) is 6.58 Å². The van der Waals surface area contributed by atoms with E-state index in [0.717, 1.165) is 38.5 Å². The average Bonchev–Trinajstić information content (AvgIpc) is 3.51. The van der Waals surface area contributed by atoms with Crippen LogP contribution >= 0.6 is 0 Å². The Labute approximate surface area is 292 Å². The molecule has 5 atom stereocenters. The molecule has 1 saturated heterocycles. The molecular formula is C36H62N6O7. The molecule has 13 nitrogen and oxygen atoms in total. The highest BCUT2D eigenvalue weighted by Crippen LogP contribution is 2.34. The molecule has 1 aliphatic heterocycles. The number of carbonyl (C=O) groups is 6. The smallest absolute Gasteiger partial charge is 0.407 e. The summed E-state index contributed by atoms with van der Waals surface area (Å²) in [5, 5.41) is 13.8. The highest BCUT2D eigenvalue weighted by atomic mass is 16.5. The lowest BCUT2D eigenvalue weighted by Gasteiger charge is -2.37. The van der Waals surface area contributed by atoms with Crippen LogP contribution in [0.3, 0.4) is 0 Å². The monoisotopic (exact) mass is 690 g/mol. The fraction of sp³-hybridized carbons (Fsp3) is 0.778. The van der Waals surface area contributed by atoms with E-state index in [2.05, 4.69) is 33.2 Å². The van der Waals surface area contributed by atoms with E-state index in [9.17, 15) is 28.8 Å². The Morgan fingerprint density at radius 1 is 0.939 bits per heavy atom. The number of unbranched alkanes of at least 4 members (excludes halogenated alkanes) is 1. The topological polar surface area (TPSA) is 175 Å². The first-order valence-corrected chi connectivity index (χ1v) is 18.2. The summed E-state index contributed by atoms with van der Waals surface area (Å²) in [6.07, 6.45) is 7.57. The normalized spacial score (nSPS) is 20.0. The highest BCUT2D eigenvalue weighted by Gasteiger charge is 2.47. The molecule has 278 valence electrons. The maximum atomic E-state index is 14.5. The van der Waals surface area contributed by atoms with E-state index in [4.69, 9.17) is 4.74 Å². The third-order valence-electron chi connectivity index (χ3n) is 9.69. The van der Waals surface area contributed by atoms with Gasteiger partial charge in [0.25, 0.3) is 5.91 Å². The average molecular weight is 691 g/mol. The molecule has 13 heteroatoms. The maximum absolute atomic E-state index is 14.5. The summed E-state index contributed by atoms with van der Waals surface area (Å²) < 4.78 is 5.34. The molecule has 1 aliphatic carbocycles. The zero-order valence-corrected chi connectivity index (χ0v) is 30.8. The van der Waals surface area contributed by atoms with Gasteiger partial charge in [0.1, 0.15) is 18.7 Å². The van der Waals surface area contributed by atoms with Crippen molar-refractivity contribution in [1.29, 1.82) is 0 Å². The van der Waals surface area contributed by atoms with Gasteiger partial charge >= 0.3 is 12.1 Å². The third kappa shape index (κ3) is 12.6. The van der Waals surface area contributed by atoms with Gasteiger partial charge in [0.2, 0.25) is 17.6 Å². The van der Waals surface area contributed by atoms with Crippen molar-refractivity contribution >= 4 is 35.6 Å². The zero-order valence-electron chi connectivity index (χ0n) is 30.8. The van der Waals surface area contributed by atoms with E-state index in [1.54, 1.807) is 11.8 Å². The summed E-state index contributed by atoms with van der Waals surface area (Å²) >= 11 is 0. The second-order valence-corrected chi connectivity index (χ2v) is 14.8. The quantitative estimate of drug-likeness (QED) is 0.114. The largest absolute Gasteiger partial charge is 0.447 e. The SMILES string of the molecule is C=CCNC(=O)C(=O)C(CCCC)NC(=O)[C@@H]1[C@@H](C(C)C)CCN1C(=O)[C@@H](NC(=O)N[C@H](COC(=O)NCC)C(C)(C)C)C1CCCCC1. The Morgan fingerprint density at radius 2 is 1.61 bits per heavy atom. The molecule has 0 spiro atoms. The molecule has 49 heavy (non-hydrogen) atoms. The van der Waals surface area contributed by atoms with Gasteiger partial charge in [-0.1, -0.05) is 79.7 Å². The molecule has 0 bridgehead atoms. The van der Waals surface area contributed by atoms with Crippen LogP contribution in [0.5, 0.6) is 0 Å². The molecule has 0 radical (unpaired) electrons. The van der Waals surface area contributed by atoms with Crippen LogP contribution in [0.2, 0.25) is 0 Å².